The van der Waals surface area contributed by atoms with Gasteiger partial charge in [0, 0.05) is 11.4 Å². The lowest BCUT2D eigenvalue weighted by Crippen LogP contribution is -2.20. The number of urea groups is 1. The first-order valence-electron chi connectivity index (χ1n) is 6.26. The maximum atomic E-state index is 11.9. The number of rotatable bonds is 2. The van der Waals surface area contributed by atoms with Crippen LogP contribution in [-0.2, 0) is 0 Å². The first-order chi connectivity index (χ1) is 9.04. The van der Waals surface area contributed by atoms with Crippen molar-refractivity contribution >= 4 is 17.4 Å². The van der Waals surface area contributed by atoms with Gasteiger partial charge < -0.3 is 10.6 Å². The molecule has 0 aliphatic heterocycles. The molecular weight excluding hydrogens is 236 g/mol. The van der Waals surface area contributed by atoms with Crippen molar-refractivity contribution < 1.29 is 4.79 Å². The summed E-state index contributed by atoms with van der Waals surface area (Å²) in [6, 6.07) is 13.4. The van der Waals surface area contributed by atoms with Gasteiger partial charge in [0.25, 0.3) is 0 Å². The molecule has 0 aliphatic rings. The van der Waals surface area contributed by atoms with Crippen LogP contribution >= 0.6 is 0 Å². The van der Waals surface area contributed by atoms with Crippen molar-refractivity contribution in [2.24, 2.45) is 0 Å². The Labute approximate surface area is 113 Å². The Morgan fingerprint density at radius 3 is 2.32 bits per heavy atom. The smallest absolute Gasteiger partial charge is 0.308 e. The summed E-state index contributed by atoms with van der Waals surface area (Å²) in [5, 5.41) is 5.68. The van der Waals surface area contributed by atoms with E-state index in [4.69, 9.17) is 0 Å². The zero-order chi connectivity index (χ0) is 13.8. The Hall–Kier alpha value is -2.29. The molecule has 0 unspecified atom stereocenters. The minimum Gasteiger partial charge on any atom is -0.308 e. The molecule has 0 saturated heterocycles. The van der Waals surface area contributed by atoms with Crippen LogP contribution in [0.2, 0.25) is 0 Å². The van der Waals surface area contributed by atoms with Crippen molar-refractivity contribution in [2.75, 3.05) is 10.6 Å². The fourth-order valence-electron chi connectivity index (χ4n) is 1.96. The summed E-state index contributed by atoms with van der Waals surface area (Å²) in [5.41, 5.74) is 4.98. The van der Waals surface area contributed by atoms with Gasteiger partial charge in [-0.2, -0.15) is 0 Å². The maximum absolute atomic E-state index is 11.9. The Morgan fingerprint density at radius 1 is 0.895 bits per heavy atom. The molecular formula is C16H18N2O. The fraction of sp³-hybridized carbons (Fsp3) is 0.188. The van der Waals surface area contributed by atoms with Crippen LogP contribution in [0.5, 0.6) is 0 Å². The lowest BCUT2D eigenvalue weighted by atomic mass is 10.1. The monoisotopic (exact) mass is 254 g/mol. The summed E-state index contributed by atoms with van der Waals surface area (Å²) < 4.78 is 0. The summed E-state index contributed by atoms with van der Waals surface area (Å²) in [6.07, 6.45) is 0. The minimum atomic E-state index is -0.224. The molecule has 2 aromatic rings. The summed E-state index contributed by atoms with van der Waals surface area (Å²) in [6.45, 7) is 6.01. The number of amides is 2. The van der Waals surface area contributed by atoms with E-state index in [9.17, 15) is 4.79 Å². The van der Waals surface area contributed by atoms with Crippen LogP contribution in [-0.4, -0.2) is 6.03 Å². The third-order valence-corrected chi connectivity index (χ3v) is 2.91. The number of aryl methyl sites for hydroxylation is 3. The molecule has 2 amide bonds. The van der Waals surface area contributed by atoms with Crippen LogP contribution in [0.3, 0.4) is 0 Å². The summed E-state index contributed by atoms with van der Waals surface area (Å²) in [7, 11) is 0. The molecule has 0 saturated carbocycles. The van der Waals surface area contributed by atoms with E-state index >= 15 is 0 Å². The van der Waals surface area contributed by atoms with Crippen LogP contribution in [0.4, 0.5) is 16.2 Å². The van der Waals surface area contributed by atoms with E-state index in [1.165, 1.54) is 5.56 Å². The zero-order valence-corrected chi connectivity index (χ0v) is 11.4. The molecule has 0 atom stereocenters. The highest BCUT2D eigenvalue weighted by molar-refractivity contribution is 6.00. The first-order valence-corrected chi connectivity index (χ1v) is 6.26. The van der Waals surface area contributed by atoms with Gasteiger partial charge in [-0.1, -0.05) is 29.8 Å². The second-order valence-electron chi connectivity index (χ2n) is 4.77. The van der Waals surface area contributed by atoms with Gasteiger partial charge in [-0.3, -0.25) is 0 Å². The number of hydrogen-bond acceptors (Lipinski definition) is 1. The van der Waals surface area contributed by atoms with Gasteiger partial charge in [0.15, 0.2) is 0 Å². The number of benzene rings is 2. The molecule has 0 spiro atoms. The van der Waals surface area contributed by atoms with Crippen molar-refractivity contribution in [3.05, 3.63) is 59.2 Å². The second-order valence-corrected chi connectivity index (χ2v) is 4.77. The zero-order valence-electron chi connectivity index (χ0n) is 11.4. The number of hydrogen-bond donors (Lipinski definition) is 2. The van der Waals surface area contributed by atoms with Crippen LogP contribution in [0, 0.1) is 20.8 Å². The maximum Gasteiger partial charge on any atom is 0.323 e. The molecule has 98 valence electrons. The SMILES string of the molecule is Cc1cccc(NC(=O)Nc2ccc(C)cc2C)c1. The average molecular weight is 254 g/mol. The molecule has 0 aromatic heterocycles. The Balaban J connectivity index is 2.05. The molecule has 2 N–H and O–H groups in total. The molecule has 2 rings (SSSR count). The van der Waals surface area contributed by atoms with Gasteiger partial charge in [-0.25, -0.2) is 4.79 Å². The van der Waals surface area contributed by atoms with E-state index in [1.54, 1.807) is 0 Å². The van der Waals surface area contributed by atoms with Crippen LogP contribution in [0.15, 0.2) is 42.5 Å². The van der Waals surface area contributed by atoms with E-state index in [0.29, 0.717) is 0 Å². The Bertz CT molecular complexity index is 605. The summed E-state index contributed by atoms with van der Waals surface area (Å²) in [5.74, 6) is 0. The molecule has 19 heavy (non-hydrogen) atoms. The van der Waals surface area contributed by atoms with Crippen molar-refractivity contribution in [3.8, 4) is 0 Å². The number of nitrogens with one attached hydrogen (secondary N) is 2. The van der Waals surface area contributed by atoms with E-state index < -0.39 is 0 Å². The predicted molar refractivity (Wildman–Crippen MR) is 79.7 cm³/mol. The summed E-state index contributed by atoms with van der Waals surface area (Å²) in [4.78, 5) is 11.9. The lowest BCUT2D eigenvalue weighted by molar-refractivity contribution is 0.262. The third-order valence-electron chi connectivity index (χ3n) is 2.91. The Kier molecular flexibility index (Phi) is 3.85. The highest BCUT2D eigenvalue weighted by Gasteiger charge is 2.05. The normalized spacial score (nSPS) is 10.1. The molecule has 0 radical (unpaired) electrons. The molecule has 0 bridgehead atoms. The quantitative estimate of drug-likeness (QED) is 0.826. The average Bonchev–Trinajstić information content (AvgIpc) is 2.33. The van der Waals surface area contributed by atoms with Crippen molar-refractivity contribution in [1.82, 2.24) is 0 Å². The fourth-order valence-corrected chi connectivity index (χ4v) is 1.96. The first kappa shape index (κ1) is 13.1. The van der Waals surface area contributed by atoms with Gasteiger partial charge >= 0.3 is 6.03 Å². The van der Waals surface area contributed by atoms with Gasteiger partial charge in [-0.05, 0) is 50.1 Å². The third kappa shape index (κ3) is 3.58. The molecule has 0 fully saturated rings. The van der Waals surface area contributed by atoms with Crippen molar-refractivity contribution in [3.63, 3.8) is 0 Å². The van der Waals surface area contributed by atoms with E-state index in [2.05, 4.69) is 10.6 Å². The van der Waals surface area contributed by atoms with Crippen molar-refractivity contribution in [1.29, 1.82) is 0 Å². The number of anilines is 2. The lowest BCUT2D eigenvalue weighted by Gasteiger charge is -2.10. The Morgan fingerprint density at radius 2 is 1.63 bits per heavy atom. The minimum absolute atomic E-state index is 0.224. The highest BCUT2D eigenvalue weighted by Crippen LogP contribution is 2.16. The van der Waals surface area contributed by atoms with Crippen LogP contribution in [0.25, 0.3) is 0 Å². The molecule has 0 aliphatic carbocycles. The molecule has 3 heteroatoms. The van der Waals surface area contributed by atoms with E-state index in [1.807, 2.05) is 63.2 Å². The van der Waals surface area contributed by atoms with E-state index in [0.717, 1.165) is 22.5 Å². The number of carbonyl (C=O) groups is 1. The van der Waals surface area contributed by atoms with Gasteiger partial charge in [0.2, 0.25) is 0 Å². The predicted octanol–water partition coefficient (Wildman–Crippen LogP) is 4.26. The van der Waals surface area contributed by atoms with Crippen molar-refractivity contribution in [2.45, 2.75) is 20.8 Å². The standard InChI is InChI=1S/C16H18N2O/c1-11-5-4-6-14(10-11)17-16(19)18-15-8-7-12(2)9-13(15)3/h4-10H,1-3H3,(H2,17,18,19). The van der Waals surface area contributed by atoms with Gasteiger partial charge in [0.1, 0.15) is 0 Å². The molecule has 3 nitrogen and oxygen atoms in total. The van der Waals surface area contributed by atoms with E-state index in [-0.39, 0.29) is 6.03 Å². The number of carbonyl (C=O) groups excluding carboxylic acids is 1. The van der Waals surface area contributed by atoms with Crippen LogP contribution in [0.1, 0.15) is 16.7 Å². The van der Waals surface area contributed by atoms with Gasteiger partial charge in [0.05, 0.1) is 0 Å². The second kappa shape index (κ2) is 5.57. The molecule has 0 heterocycles. The topological polar surface area (TPSA) is 41.1 Å². The highest BCUT2D eigenvalue weighted by atomic mass is 16.2. The largest absolute Gasteiger partial charge is 0.323 e. The van der Waals surface area contributed by atoms with Gasteiger partial charge in [-0.15, -0.1) is 0 Å². The molecule has 2 aromatic carbocycles. The van der Waals surface area contributed by atoms with Crippen LogP contribution < -0.4 is 10.6 Å². The summed E-state index contributed by atoms with van der Waals surface area (Å²) >= 11 is 0.